The van der Waals surface area contributed by atoms with Gasteiger partial charge in [-0.1, -0.05) is 30.3 Å². The molecule has 0 unspecified atom stereocenters. The van der Waals surface area contributed by atoms with Crippen LogP contribution in [0.3, 0.4) is 0 Å². The lowest BCUT2D eigenvalue weighted by atomic mass is 9.69. The summed E-state index contributed by atoms with van der Waals surface area (Å²) in [6.07, 6.45) is 7.62. The zero-order chi connectivity index (χ0) is 20.1. The standard InChI is InChI=1S/C23H29N3O3/c1-25(2)23(17-6-4-3-5-7-17)12-10-22(11-13-23)15-26(21(27)24-22)18-8-9-19-20(14-18)29-16-28-19/h3-7,14H,8-13,15-16H2,1-2H3,(H,24,27). The van der Waals surface area contributed by atoms with Crippen LogP contribution in [0.1, 0.15) is 44.1 Å². The topological polar surface area (TPSA) is 54.0 Å². The number of nitrogens with one attached hydrogen (secondary N) is 1. The average molecular weight is 396 g/mol. The summed E-state index contributed by atoms with van der Waals surface area (Å²) in [4.78, 5) is 17.2. The Balaban J connectivity index is 1.34. The Labute approximate surface area is 172 Å². The van der Waals surface area contributed by atoms with Crippen LogP contribution < -0.4 is 5.32 Å². The Morgan fingerprint density at radius 1 is 1.03 bits per heavy atom. The fraction of sp³-hybridized carbons (Fsp3) is 0.522. The van der Waals surface area contributed by atoms with E-state index < -0.39 is 0 Å². The Bertz CT molecular complexity index is 867. The molecule has 5 rings (SSSR count). The van der Waals surface area contributed by atoms with Gasteiger partial charge in [0.25, 0.3) is 0 Å². The lowest BCUT2D eigenvalue weighted by molar-refractivity contribution is 0.0628. The highest BCUT2D eigenvalue weighted by Gasteiger charge is 2.50. The highest BCUT2D eigenvalue weighted by molar-refractivity contribution is 5.80. The van der Waals surface area contributed by atoms with Crippen LogP contribution in [-0.4, -0.2) is 48.8 Å². The first-order valence-corrected chi connectivity index (χ1v) is 10.5. The van der Waals surface area contributed by atoms with Gasteiger partial charge in [-0.2, -0.15) is 0 Å². The first-order chi connectivity index (χ1) is 14.0. The molecule has 2 fully saturated rings. The van der Waals surface area contributed by atoms with Gasteiger partial charge in [0.2, 0.25) is 6.79 Å². The first-order valence-electron chi connectivity index (χ1n) is 10.5. The number of carbonyl (C=O) groups is 1. The van der Waals surface area contributed by atoms with Crippen LogP contribution in [0.25, 0.3) is 0 Å². The zero-order valence-corrected chi connectivity index (χ0v) is 17.2. The third-order valence-electron chi connectivity index (χ3n) is 7.25. The van der Waals surface area contributed by atoms with Crippen molar-refractivity contribution in [2.75, 3.05) is 27.4 Å². The number of carbonyl (C=O) groups excluding carboxylic acids is 1. The molecule has 29 heavy (non-hydrogen) atoms. The summed E-state index contributed by atoms with van der Waals surface area (Å²) >= 11 is 0. The van der Waals surface area contributed by atoms with Gasteiger partial charge >= 0.3 is 6.03 Å². The molecule has 2 aliphatic carbocycles. The molecule has 1 aromatic carbocycles. The van der Waals surface area contributed by atoms with Crippen LogP contribution in [-0.2, 0) is 15.0 Å². The van der Waals surface area contributed by atoms with Crippen molar-refractivity contribution in [3.8, 4) is 0 Å². The summed E-state index contributed by atoms with van der Waals surface area (Å²) in [5, 5.41) is 3.34. The highest BCUT2D eigenvalue weighted by atomic mass is 16.7. The molecule has 1 saturated carbocycles. The van der Waals surface area contributed by atoms with Gasteiger partial charge in [-0.3, -0.25) is 9.80 Å². The Morgan fingerprint density at radius 3 is 2.52 bits per heavy atom. The molecule has 0 atom stereocenters. The van der Waals surface area contributed by atoms with Crippen LogP contribution in [0.4, 0.5) is 4.79 Å². The molecule has 1 spiro atoms. The number of hydrogen-bond acceptors (Lipinski definition) is 4. The summed E-state index contributed by atoms with van der Waals surface area (Å²) < 4.78 is 11.0. The monoisotopic (exact) mass is 395 g/mol. The van der Waals surface area contributed by atoms with E-state index in [0.717, 1.165) is 62.3 Å². The number of urea groups is 1. The molecule has 4 aliphatic rings. The predicted octanol–water partition coefficient (Wildman–Crippen LogP) is 3.68. The number of ether oxygens (including phenoxy) is 2. The average Bonchev–Trinajstić information content (AvgIpc) is 3.33. The number of rotatable bonds is 3. The molecule has 2 aliphatic heterocycles. The predicted molar refractivity (Wildman–Crippen MR) is 110 cm³/mol. The maximum atomic E-state index is 12.9. The van der Waals surface area contributed by atoms with Crippen molar-refractivity contribution in [3.05, 3.63) is 59.2 Å². The number of hydrogen-bond donors (Lipinski definition) is 1. The van der Waals surface area contributed by atoms with Crippen molar-refractivity contribution >= 4 is 6.03 Å². The summed E-state index contributed by atoms with van der Waals surface area (Å²) in [5.74, 6) is 1.71. The summed E-state index contributed by atoms with van der Waals surface area (Å²) in [7, 11) is 4.35. The van der Waals surface area contributed by atoms with Crippen molar-refractivity contribution in [1.29, 1.82) is 0 Å². The van der Waals surface area contributed by atoms with Crippen molar-refractivity contribution in [3.63, 3.8) is 0 Å². The summed E-state index contributed by atoms with van der Waals surface area (Å²) in [6.45, 7) is 1.02. The van der Waals surface area contributed by atoms with E-state index in [9.17, 15) is 4.79 Å². The van der Waals surface area contributed by atoms with Gasteiger partial charge in [-0.25, -0.2) is 4.79 Å². The third-order valence-corrected chi connectivity index (χ3v) is 7.25. The lowest BCUT2D eigenvalue weighted by Gasteiger charge is -2.48. The summed E-state index contributed by atoms with van der Waals surface area (Å²) in [5.41, 5.74) is 2.29. The van der Waals surface area contributed by atoms with Crippen LogP contribution in [0.2, 0.25) is 0 Å². The molecular weight excluding hydrogens is 366 g/mol. The normalized spacial score (nSPS) is 31.5. The van der Waals surface area contributed by atoms with E-state index in [2.05, 4.69) is 54.6 Å². The Hall–Kier alpha value is -2.47. The molecule has 2 heterocycles. The number of nitrogens with zero attached hydrogens (tertiary/aromatic N) is 2. The minimum atomic E-state index is -0.145. The van der Waals surface area contributed by atoms with E-state index in [0.29, 0.717) is 0 Å². The first kappa shape index (κ1) is 18.6. The lowest BCUT2D eigenvalue weighted by Crippen LogP contribution is -2.54. The number of benzene rings is 1. The van der Waals surface area contributed by atoms with Crippen molar-refractivity contribution in [2.45, 2.75) is 49.6 Å². The molecule has 6 heteroatoms. The number of allylic oxidation sites excluding steroid dienone is 3. The Morgan fingerprint density at radius 2 is 1.79 bits per heavy atom. The second kappa shape index (κ2) is 6.80. The highest BCUT2D eigenvalue weighted by Crippen LogP contribution is 2.46. The number of amides is 2. The third kappa shape index (κ3) is 3.01. The molecule has 0 radical (unpaired) electrons. The minimum absolute atomic E-state index is 0.0243. The van der Waals surface area contributed by atoms with Gasteiger partial charge in [0.15, 0.2) is 5.76 Å². The van der Waals surface area contributed by atoms with Gasteiger partial charge in [0.05, 0.1) is 12.1 Å². The van der Waals surface area contributed by atoms with Gasteiger partial charge in [-0.05, 0) is 51.8 Å². The van der Waals surface area contributed by atoms with Crippen LogP contribution in [0.5, 0.6) is 0 Å². The molecule has 1 N–H and O–H groups in total. The quantitative estimate of drug-likeness (QED) is 0.848. The van der Waals surface area contributed by atoms with E-state index in [-0.39, 0.29) is 23.9 Å². The molecule has 1 saturated heterocycles. The molecule has 1 aromatic rings. The SMILES string of the molecule is CN(C)C1(c2ccccc2)CCC2(CC1)CN(C1=CC3=C(CC1)OCO3)C(=O)N2. The van der Waals surface area contributed by atoms with Gasteiger partial charge in [0, 0.05) is 23.7 Å². The molecule has 6 nitrogen and oxygen atoms in total. The van der Waals surface area contributed by atoms with Gasteiger partial charge < -0.3 is 14.8 Å². The maximum absolute atomic E-state index is 12.9. The van der Waals surface area contributed by atoms with Gasteiger partial charge in [-0.15, -0.1) is 0 Å². The van der Waals surface area contributed by atoms with Gasteiger partial charge in [0.1, 0.15) is 5.76 Å². The molecular formula is C23H29N3O3. The van der Waals surface area contributed by atoms with Crippen LogP contribution in [0, 0.1) is 0 Å². The zero-order valence-electron chi connectivity index (χ0n) is 17.2. The molecule has 154 valence electrons. The van der Waals surface area contributed by atoms with Crippen LogP contribution >= 0.6 is 0 Å². The molecule has 0 bridgehead atoms. The van der Waals surface area contributed by atoms with Crippen molar-refractivity contribution in [1.82, 2.24) is 15.1 Å². The minimum Gasteiger partial charge on any atom is -0.458 e. The fourth-order valence-electron chi connectivity index (χ4n) is 5.42. The maximum Gasteiger partial charge on any atom is 0.322 e. The van der Waals surface area contributed by atoms with Crippen molar-refractivity contribution in [2.24, 2.45) is 0 Å². The van der Waals surface area contributed by atoms with Crippen molar-refractivity contribution < 1.29 is 14.3 Å². The second-order valence-corrected chi connectivity index (χ2v) is 8.92. The molecule has 2 amide bonds. The van der Waals surface area contributed by atoms with E-state index in [4.69, 9.17) is 9.47 Å². The van der Waals surface area contributed by atoms with E-state index >= 15 is 0 Å². The van der Waals surface area contributed by atoms with E-state index in [1.807, 2.05) is 11.0 Å². The fourth-order valence-corrected chi connectivity index (χ4v) is 5.42. The Kier molecular flexibility index (Phi) is 4.35. The molecule has 0 aromatic heterocycles. The second-order valence-electron chi connectivity index (χ2n) is 8.92. The largest absolute Gasteiger partial charge is 0.458 e. The smallest absolute Gasteiger partial charge is 0.322 e. The van der Waals surface area contributed by atoms with E-state index in [1.165, 1.54) is 5.56 Å². The van der Waals surface area contributed by atoms with Crippen LogP contribution in [0.15, 0.2) is 53.6 Å². The summed E-state index contributed by atoms with van der Waals surface area (Å²) in [6, 6.07) is 10.8. The van der Waals surface area contributed by atoms with E-state index in [1.54, 1.807) is 0 Å².